The summed E-state index contributed by atoms with van der Waals surface area (Å²) in [5.41, 5.74) is 8.69. The first-order valence-corrected chi connectivity index (χ1v) is 5.70. The Kier molecular flexibility index (Phi) is 4.37. The fourth-order valence-corrected chi connectivity index (χ4v) is 1.74. The van der Waals surface area contributed by atoms with E-state index in [4.69, 9.17) is 10.5 Å². The van der Waals surface area contributed by atoms with Crippen molar-refractivity contribution in [3.8, 4) is 0 Å². The Bertz CT molecular complexity index is 416. The average Bonchev–Trinajstić information content (AvgIpc) is 2.31. The first-order chi connectivity index (χ1) is 8.01. The van der Waals surface area contributed by atoms with Crippen LogP contribution in [0.4, 0.5) is 11.4 Å². The number of methoxy groups -OCH3 is 1. The van der Waals surface area contributed by atoms with Crippen molar-refractivity contribution in [1.29, 1.82) is 0 Å². The Morgan fingerprint density at radius 2 is 2.12 bits per heavy atom. The normalized spacial score (nSPS) is 10.1. The number of aryl methyl sites for hydroxylation is 1. The molecule has 2 N–H and O–H groups in total. The quantitative estimate of drug-likeness (QED) is 0.643. The molecular weight excluding hydrogens is 216 g/mol. The summed E-state index contributed by atoms with van der Waals surface area (Å²) in [6.45, 7) is 4.94. The number of anilines is 2. The predicted octanol–water partition coefficient (Wildman–Crippen LogP) is 2.21. The van der Waals surface area contributed by atoms with E-state index in [0.29, 0.717) is 11.3 Å². The fourth-order valence-electron chi connectivity index (χ4n) is 1.74. The van der Waals surface area contributed by atoms with Gasteiger partial charge in [-0.25, -0.2) is 4.79 Å². The molecule has 0 aliphatic carbocycles. The van der Waals surface area contributed by atoms with Gasteiger partial charge in [-0.2, -0.15) is 0 Å². The molecule has 0 amide bonds. The van der Waals surface area contributed by atoms with Crippen molar-refractivity contribution in [2.75, 3.05) is 31.3 Å². The molecule has 0 spiro atoms. The van der Waals surface area contributed by atoms with Crippen molar-refractivity contribution in [2.45, 2.75) is 20.3 Å². The second-order valence-corrected chi connectivity index (χ2v) is 4.14. The summed E-state index contributed by atoms with van der Waals surface area (Å²) < 4.78 is 4.73. The van der Waals surface area contributed by atoms with Gasteiger partial charge in [-0.15, -0.1) is 0 Å². The van der Waals surface area contributed by atoms with Crippen molar-refractivity contribution in [3.05, 3.63) is 23.3 Å². The van der Waals surface area contributed by atoms with Crippen LogP contribution in [0, 0.1) is 6.92 Å². The molecule has 4 heteroatoms. The molecular formula is C13H20N2O2. The molecule has 0 aliphatic heterocycles. The molecule has 1 rings (SSSR count). The van der Waals surface area contributed by atoms with Crippen LogP contribution in [0.1, 0.15) is 29.3 Å². The van der Waals surface area contributed by atoms with Gasteiger partial charge in [0, 0.05) is 25.0 Å². The van der Waals surface area contributed by atoms with Gasteiger partial charge in [0.05, 0.1) is 12.7 Å². The molecule has 0 radical (unpaired) electrons. The maximum atomic E-state index is 11.6. The van der Waals surface area contributed by atoms with Gasteiger partial charge in [0.25, 0.3) is 0 Å². The van der Waals surface area contributed by atoms with Crippen LogP contribution in [-0.2, 0) is 4.74 Å². The van der Waals surface area contributed by atoms with Crippen LogP contribution < -0.4 is 10.6 Å². The summed E-state index contributed by atoms with van der Waals surface area (Å²) >= 11 is 0. The molecule has 17 heavy (non-hydrogen) atoms. The van der Waals surface area contributed by atoms with E-state index in [0.717, 1.165) is 24.2 Å². The van der Waals surface area contributed by atoms with E-state index in [2.05, 4.69) is 11.8 Å². The van der Waals surface area contributed by atoms with E-state index in [1.807, 2.05) is 20.0 Å². The number of nitrogen functional groups attached to an aromatic ring is 1. The number of benzene rings is 1. The number of nitrogens with zero attached hydrogens (tertiary/aromatic N) is 1. The summed E-state index contributed by atoms with van der Waals surface area (Å²) in [7, 11) is 3.36. The second-order valence-electron chi connectivity index (χ2n) is 4.14. The molecule has 4 nitrogen and oxygen atoms in total. The molecule has 0 aliphatic rings. The lowest BCUT2D eigenvalue weighted by Crippen LogP contribution is -2.19. The van der Waals surface area contributed by atoms with Gasteiger partial charge in [0.2, 0.25) is 0 Å². The van der Waals surface area contributed by atoms with Gasteiger partial charge in [0.15, 0.2) is 0 Å². The van der Waals surface area contributed by atoms with Gasteiger partial charge in [0.1, 0.15) is 0 Å². The minimum absolute atomic E-state index is 0.391. The highest BCUT2D eigenvalue weighted by atomic mass is 16.5. The van der Waals surface area contributed by atoms with E-state index >= 15 is 0 Å². The van der Waals surface area contributed by atoms with Gasteiger partial charge < -0.3 is 15.4 Å². The summed E-state index contributed by atoms with van der Waals surface area (Å²) in [6, 6.07) is 3.77. The third-order valence-electron chi connectivity index (χ3n) is 2.78. The van der Waals surface area contributed by atoms with E-state index < -0.39 is 5.97 Å². The summed E-state index contributed by atoms with van der Waals surface area (Å²) in [5.74, 6) is -0.391. The molecule has 0 unspecified atom stereocenters. The van der Waals surface area contributed by atoms with Gasteiger partial charge in [-0.05, 0) is 31.0 Å². The number of carbonyl (C=O) groups excluding carboxylic acids is 1. The number of carbonyl (C=O) groups is 1. The van der Waals surface area contributed by atoms with Crippen LogP contribution in [0.15, 0.2) is 12.1 Å². The van der Waals surface area contributed by atoms with Crippen molar-refractivity contribution in [3.63, 3.8) is 0 Å². The topological polar surface area (TPSA) is 55.6 Å². The number of esters is 1. The predicted molar refractivity (Wildman–Crippen MR) is 70.5 cm³/mol. The third-order valence-corrected chi connectivity index (χ3v) is 2.78. The number of hydrogen-bond donors (Lipinski definition) is 1. The highest BCUT2D eigenvalue weighted by Crippen LogP contribution is 2.25. The molecule has 0 saturated heterocycles. The number of hydrogen-bond acceptors (Lipinski definition) is 4. The van der Waals surface area contributed by atoms with E-state index in [1.165, 1.54) is 7.11 Å². The molecule has 1 aromatic carbocycles. The van der Waals surface area contributed by atoms with Crippen LogP contribution in [0.2, 0.25) is 0 Å². The molecule has 0 bridgehead atoms. The largest absolute Gasteiger partial charge is 0.465 e. The third kappa shape index (κ3) is 2.90. The zero-order valence-corrected chi connectivity index (χ0v) is 10.9. The molecule has 0 saturated carbocycles. The standard InChI is InChI=1S/C13H20N2O2/c1-5-6-15(3)10-7-9(2)12(14)11(8-10)13(16)17-4/h7-8H,5-6,14H2,1-4H3. The molecule has 94 valence electrons. The Balaban J connectivity index is 3.18. The number of rotatable bonds is 4. The number of ether oxygens (including phenoxy) is 1. The van der Waals surface area contributed by atoms with Crippen molar-refractivity contribution < 1.29 is 9.53 Å². The Morgan fingerprint density at radius 3 is 2.65 bits per heavy atom. The summed E-state index contributed by atoms with van der Waals surface area (Å²) in [5, 5.41) is 0. The van der Waals surface area contributed by atoms with Crippen LogP contribution in [-0.4, -0.2) is 26.7 Å². The van der Waals surface area contributed by atoms with Gasteiger partial charge in [-0.1, -0.05) is 6.92 Å². The molecule has 0 fully saturated rings. The first kappa shape index (κ1) is 13.4. The fraction of sp³-hybridized carbons (Fsp3) is 0.462. The van der Waals surface area contributed by atoms with Crippen molar-refractivity contribution in [1.82, 2.24) is 0 Å². The Morgan fingerprint density at radius 1 is 1.47 bits per heavy atom. The first-order valence-electron chi connectivity index (χ1n) is 5.70. The summed E-state index contributed by atoms with van der Waals surface area (Å²) in [4.78, 5) is 13.7. The summed E-state index contributed by atoms with van der Waals surface area (Å²) in [6.07, 6.45) is 1.05. The molecule has 1 aromatic rings. The van der Waals surface area contributed by atoms with Gasteiger partial charge >= 0.3 is 5.97 Å². The highest BCUT2D eigenvalue weighted by molar-refractivity contribution is 5.97. The zero-order chi connectivity index (χ0) is 13.0. The lowest BCUT2D eigenvalue weighted by atomic mass is 10.1. The van der Waals surface area contributed by atoms with E-state index in [1.54, 1.807) is 6.07 Å². The Hall–Kier alpha value is -1.71. The maximum Gasteiger partial charge on any atom is 0.340 e. The lowest BCUT2D eigenvalue weighted by Gasteiger charge is -2.20. The smallest absolute Gasteiger partial charge is 0.340 e. The van der Waals surface area contributed by atoms with E-state index in [9.17, 15) is 4.79 Å². The maximum absolute atomic E-state index is 11.6. The zero-order valence-electron chi connectivity index (χ0n) is 10.9. The van der Waals surface area contributed by atoms with Crippen LogP contribution in [0.3, 0.4) is 0 Å². The minimum Gasteiger partial charge on any atom is -0.465 e. The Labute approximate surface area is 102 Å². The molecule has 0 heterocycles. The van der Waals surface area contributed by atoms with E-state index in [-0.39, 0.29) is 0 Å². The van der Waals surface area contributed by atoms with Crippen molar-refractivity contribution >= 4 is 17.3 Å². The number of nitrogens with two attached hydrogens (primary N) is 1. The SMILES string of the molecule is CCCN(C)c1cc(C)c(N)c(C(=O)OC)c1. The highest BCUT2D eigenvalue weighted by Gasteiger charge is 2.14. The monoisotopic (exact) mass is 236 g/mol. The van der Waals surface area contributed by atoms with Crippen LogP contribution in [0.25, 0.3) is 0 Å². The lowest BCUT2D eigenvalue weighted by molar-refractivity contribution is 0.0602. The molecule has 0 atom stereocenters. The van der Waals surface area contributed by atoms with Gasteiger partial charge in [-0.3, -0.25) is 0 Å². The average molecular weight is 236 g/mol. The van der Waals surface area contributed by atoms with Crippen LogP contribution >= 0.6 is 0 Å². The van der Waals surface area contributed by atoms with Crippen LogP contribution in [0.5, 0.6) is 0 Å². The second kappa shape index (κ2) is 5.57. The molecule has 0 aromatic heterocycles. The minimum atomic E-state index is -0.391. The van der Waals surface area contributed by atoms with Crippen molar-refractivity contribution in [2.24, 2.45) is 0 Å².